The average Bonchev–Trinajstić information content (AvgIpc) is 2.12. The van der Waals surface area contributed by atoms with Crippen molar-refractivity contribution in [1.29, 1.82) is 0 Å². The zero-order valence-electron chi connectivity index (χ0n) is 11.6. The lowest BCUT2D eigenvalue weighted by atomic mass is 10.2. The smallest absolute Gasteiger partial charge is 0.0780 e. The van der Waals surface area contributed by atoms with Crippen LogP contribution in [0.1, 0.15) is 25.7 Å². The zero-order chi connectivity index (χ0) is 12.3. The van der Waals surface area contributed by atoms with Crippen LogP contribution in [0.4, 0.5) is 0 Å². The Morgan fingerprint density at radius 2 is 1.33 bits per heavy atom. The highest BCUT2D eigenvalue weighted by atomic mass is 16.2. The van der Waals surface area contributed by atoms with Crippen molar-refractivity contribution in [2.24, 2.45) is 0 Å². The second-order valence-electron chi connectivity index (χ2n) is 5.23. The second kappa shape index (κ2) is 10.4. The highest BCUT2D eigenvalue weighted by molar-refractivity contribution is 4.46. The van der Waals surface area contributed by atoms with Gasteiger partial charge in [-0.2, -0.15) is 0 Å². The van der Waals surface area contributed by atoms with Gasteiger partial charge in [-0.3, -0.25) is 0 Å². The first-order valence-electron chi connectivity index (χ1n) is 5.82. The lowest BCUT2D eigenvalue weighted by Gasteiger charge is -2.23. The van der Waals surface area contributed by atoms with E-state index in [0.29, 0.717) is 0 Å². The molecule has 0 rings (SSSR count). The highest BCUT2D eigenvalue weighted by Gasteiger charge is 2.04. The predicted octanol–water partition coefficient (Wildman–Crippen LogP) is 1.42. The van der Waals surface area contributed by atoms with Gasteiger partial charge in [0.2, 0.25) is 0 Å². The minimum Gasteiger partial charge on any atom is -0.400 e. The van der Waals surface area contributed by atoms with Crippen LogP contribution in [0.25, 0.3) is 0 Å². The Morgan fingerprint density at radius 1 is 0.867 bits per heavy atom. The summed E-state index contributed by atoms with van der Waals surface area (Å²) in [6.45, 7) is 2.55. The van der Waals surface area contributed by atoms with Crippen molar-refractivity contribution < 1.29 is 9.59 Å². The van der Waals surface area contributed by atoms with Crippen molar-refractivity contribution in [3.8, 4) is 0 Å². The van der Waals surface area contributed by atoms with Gasteiger partial charge in [0, 0.05) is 7.11 Å². The lowest BCUT2D eigenvalue weighted by Crippen LogP contribution is -2.35. The fourth-order valence-electron chi connectivity index (χ4n) is 1.37. The maximum Gasteiger partial charge on any atom is 0.0780 e. The molecule has 3 heteroatoms. The third kappa shape index (κ3) is 20.1. The van der Waals surface area contributed by atoms with Crippen LogP contribution in [0.2, 0.25) is 0 Å². The van der Waals surface area contributed by atoms with E-state index in [1.54, 1.807) is 0 Å². The maximum atomic E-state index is 7.00. The van der Waals surface area contributed by atoms with Crippen molar-refractivity contribution in [2.75, 3.05) is 55.4 Å². The Kier molecular flexibility index (Phi) is 12.0. The minimum atomic E-state index is 1.00. The number of hydrogen-bond donors (Lipinski definition) is 1. The Morgan fingerprint density at radius 3 is 1.73 bits per heavy atom. The van der Waals surface area contributed by atoms with Gasteiger partial charge in [-0.05, 0) is 39.9 Å². The average molecular weight is 219 g/mol. The number of aliphatic hydroxyl groups is 1. The van der Waals surface area contributed by atoms with Gasteiger partial charge in [-0.25, -0.2) is 0 Å². The van der Waals surface area contributed by atoms with Gasteiger partial charge in [0.05, 0.1) is 27.7 Å². The van der Waals surface area contributed by atoms with Gasteiger partial charge < -0.3 is 14.5 Å². The molecule has 0 atom stereocenters. The van der Waals surface area contributed by atoms with Crippen molar-refractivity contribution >= 4 is 0 Å². The summed E-state index contributed by atoms with van der Waals surface area (Å²) in [6.07, 6.45) is 5.50. The molecule has 0 saturated carbocycles. The second-order valence-corrected chi connectivity index (χ2v) is 5.23. The standard InChI is InChI=1S/C11H27N2.CH4O/c1-12(2)10-8-6-7-9-11-13(3,4)5;1-2/h6-11H2,1-5H3;2H,1H3/q+1;. The molecule has 0 unspecified atom stereocenters. The van der Waals surface area contributed by atoms with Gasteiger partial charge >= 0.3 is 0 Å². The van der Waals surface area contributed by atoms with E-state index in [9.17, 15) is 0 Å². The topological polar surface area (TPSA) is 23.5 Å². The minimum absolute atomic E-state index is 1.00. The summed E-state index contributed by atoms with van der Waals surface area (Å²) in [5.41, 5.74) is 0. The zero-order valence-corrected chi connectivity index (χ0v) is 11.6. The van der Waals surface area contributed by atoms with Gasteiger partial charge in [0.25, 0.3) is 0 Å². The molecule has 0 fully saturated rings. The number of rotatable bonds is 7. The normalized spacial score (nSPS) is 11.2. The third-order valence-electron chi connectivity index (χ3n) is 2.18. The van der Waals surface area contributed by atoms with E-state index in [1.807, 2.05) is 0 Å². The molecule has 0 saturated heterocycles. The largest absolute Gasteiger partial charge is 0.400 e. The summed E-state index contributed by atoms with van der Waals surface area (Å²) >= 11 is 0. The number of hydrogen-bond acceptors (Lipinski definition) is 2. The van der Waals surface area contributed by atoms with Crippen LogP contribution >= 0.6 is 0 Å². The molecule has 0 heterocycles. The number of nitrogens with zero attached hydrogens (tertiary/aromatic N) is 2. The quantitative estimate of drug-likeness (QED) is 0.517. The third-order valence-corrected chi connectivity index (χ3v) is 2.18. The highest BCUT2D eigenvalue weighted by Crippen LogP contribution is 2.03. The molecule has 0 radical (unpaired) electrons. The van der Waals surface area contributed by atoms with Crippen molar-refractivity contribution in [1.82, 2.24) is 4.90 Å². The van der Waals surface area contributed by atoms with Gasteiger partial charge in [0.15, 0.2) is 0 Å². The maximum absolute atomic E-state index is 7.00. The molecule has 3 nitrogen and oxygen atoms in total. The SMILES string of the molecule is CN(C)CCCCCC[N+](C)(C)C.CO. The molecular formula is C12H31N2O+. The van der Waals surface area contributed by atoms with Crippen molar-refractivity contribution in [3.05, 3.63) is 0 Å². The molecule has 0 aromatic heterocycles. The fourth-order valence-corrected chi connectivity index (χ4v) is 1.37. The molecule has 0 aliphatic carbocycles. The van der Waals surface area contributed by atoms with Crippen LogP contribution in [0.5, 0.6) is 0 Å². The number of unbranched alkanes of at least 4 members (excludes halogenated alkanes) is 3. The van der Waals surface area contributed by atoms with Gasteiger partial charge in [-0.1, -0.05) is 6.42 Å². The summed E-state index contributed by atoms with van der Waals surface area (Å²) in [5, 5.41) is 7.00. The Labute approximate surface area is 96.3 Å². The molecule has 0 aliphatic rings. The van der Waals surface area contributed by atoms with E-state index in [0.717, 1.165) is 11.6 Å². The van der Waals surface area contributed by atoms with Crippen LogP contribution < -0.4 is 0 Å². The summed E-state index contributed by atoms with van der Waals surface area (Å²) in [4.78, 5) is 2.26. The number of quaternary nitrogens is 1. The van der Waals surface area contributed by atoms with E-state index < -0.39 is 0 Å². The van der Waals surface area contributed by atoms with Crippen molar-refractivity contribution in [3.63, 3.8) is 0 Å². The van der Waals surface area contributed by atoms with Gasteiger partial charge in [0.1, 0.15) is 0 Å². The van der Waals surface area contributed by atoms with Crippen LogP contribution in [-0.2, 0) is 0 Å². The fraction of sp³-hybridized carbons (Fsp3) is 1.00. The molecule has 15 heavy (non-hydrogen) atoms. The van der Waals surface area contributed by atoms with E-state index >= 15 is 0 Å². The first kappa shape index (κ1) is 17.3. The van der Waals surface area contributed by atoms with E-state index in [-0.39, 0.29) is 0 Å². The van der Waals surface area contributed by atoms with Crippen molar-refractivity contribution in [2.45, 2.75) is 25.7 Å². The van der Waals surface area contributed by atoms with Crippen LogP contribution in [0, 0.1) is 0 Å². The summed E-state index contributed by atoms with van der Waals surface area (Å²) in [5.74, 6) is 0. The van der Waals surface area contributed by atoms with Crippen LogP contribution in [0.15, 0.2) is 0 Å². The lowest BCUT2D eigenvalue weighted by molar-refractivity contribution is -0.870. The summed E-state index contributed by atoms with van der Waals surface area (Å²) < 4.78 is 1.10. The predicted molar refractivity (Wildman–Crippen MR) is 68.1 cm³/mol. The van der Waals surface area contributed by atoms with Crippen LogP contribution in [0.3, 0.4) is 0 Å². The molecule has 94 valence electrons. The first-order chi connectivity index (χ1) is 6.92. The summed E-state index contributed by atoms with van der Waals surface area (Å²) in [6, 6.07) is 0. The first-order valence-corrected chi connectivity index (χ1v) is 5.82. The molecule has 0 aromatic rings. The molecular weight excluding hydrogens is 188 g/mol. The monoisotopic (exact) mass is 219 g/mol. The number of aliphatic hydroxyl groups excluding tert-OH is 1. The van der Waals surface area contributed by atoms with E-state index in [1.165, 1.54) is 38.8 Å². The Balaban J connectivity index is 0. The Hall–Kier alpha value is -0.120. The van der Waals surface area contributed by atoms with Crippen LogP contribution in [-0.4, -0.2) is 69.9 Å². The molecule has 0 aromatic carbocycles. The molecule has 0 spiro atoms. The molecule has 0 amide bonds. The molecule has 0 bridgehead atoms. The van der Waals surface area contributed by atoms with E-state index in [2.05, 4.69) is 40.1 Å². The van der Waals surface area contributed by atoms with Gasteiger partial charge in [-0.15, -0.1) is 0 Å². The molecule has 1 N–H and O–H groups in total. The van der Waals surface area contributed by atoms with E-state index in [4.69, 9.17) is 5.11 Å². The summed E-state index contributed by atoms with van der Waals surface area (Å²) in [7, 11) is 12.1. The molecule has 0 aliphatic heterocycles. The Bertz CT molecular complexity index is 119.